The van der Waals surface area contributed by atoms with Crippen LogP contribution >= 0.6 is 11.6 Å². The molecular formula is C15H15ClFN5O. The molecule has 6 nitrogen and oxygen atoms in total. The normalized spacial score (nSPS) is 15.6. The molecule has 4 N–H and O–H groups in total. The third kappa shape index (κ3) is 2.97. The third-order valence-corrected chi connectivity index (χ3v) is 4.37. The van der Waals surface area contributed by atoms with Crippen molar-refractivity contribution in [2.24, 2.45) is 5.84 Å². The topological polar surface area (TPSA) is 92.9 Å². The van der Waals surface area contributed by atoms with Crippen molar-refractivity contribution in [2.45, 2.75) is 24.8 Å². The van der Waals surface area contributed by atoms with Crippen molar-refractivity contribution in [2.75, 3.05) is 5.32 Å². The highest BCUT2D eigenvalue weighted by Crippen LogP contribution is 2.44. The summed E-state index contributed by atoms with van der Waals surface area (Å²) in [6, 6.07) is 4.69. The molecular weight excluding hydrogens is 321 g/mol. The number of rotatable bonds is 4. The van der Waals surface area contributed by atoms with E-state index < -0.39 is 11.7 Å². The smallest absolute Gasteiger partial charge is 0.268 e. The summed E-state index contributed by atoms with van der Waals surface area (Å²) in [6.45, 7) is 0. The maximum atomic E-state index is 13.4. The second-order valence-electron chi connectivity index (χ2n) is 5.46. The van der Waals surface area contributed by atoms with E-state index in [0.717, 1.165) is 24.8 Å². The van der Waals surface area contributed by atoms with Crippen molar-refractivity contribution < 1.29 is 9.18 Å². The standard InChI is InChI=1S/C15H15ClFN5O/c16-11-6-10(2-3-12(11)17)15(4-1-5-15)21-14-19-7-9(8-20-14)13(23)22-18/h2-3,6-8H,1,4-5,18H2,(H,22,23)(H,19,20,21). The predicted octanol–water partition coefficient (Wildman–Crippen LogP) is 2.36. The molecule has 0 aliphatic heterocycles. The minimum Gasteiger partial charge on any atom is -0.345 e. The van der Waals surface area contributed by atoms with Gasteiger partial charge in [-0.3, -0.25) is 10.2 Å². The lowest BCUT2D eigenvalue weighted by atomic mass is 9.72. The van der Waals surface area contributed by atoms with Crippen molar-refractivity contribution in [1.29, 1.82) is 0 Å². The SMILES string of the molecule is NNC(=O)c1cnc(NC2(c3ccc(F)c(Cl)c3)CCC2)nc1. The first-order chi connectivity index (χ1) is 11.0. The highest BCUT2D eigenvalue weighted by atomic mass is 35.5. The lowest BCUT2D eigenvalue weighted by molar-refractivity contribution is 0.0953. The van der Waals surface area contributed by atoms with Crippen molar-refractivity contribution in [3.05, 3.63) is 52.6 Å². The first-order valence-corrected chi connectivity index (χ1v) is 7.48. The van der Waals surface area contributed by atoms with Gasteiger partial charge in [0.15, 0.2) is 0 Å². The molecule has 2 aromatic rings. The number of benzene rings is 1. The minimum absolute atomic E-state index is 0.0893. The number of carbonyl (C=O) groups excluding carboxylic acids is 1. The van der Waals surface area contributed by atoms with Gasteiger partial charge in [0.25, 0.3) is 5.91 Å². The van der Waals surface area contributed by atoms with Gasteiger partial charge in [-0.2, -0.15) is 0 Å². The van der Waals surface area contributed by atoms with Crippen LogP contribution in [0.15, 0.2) is 30.6 Å². The van der Waals surface area contributed by atoms with Gasteiger partial charge in [-0.05, 0) is 37.0 Å². The van der Waals surface area contributed by atoms with Crippen LogP contribution in [0, 0.1) is 5.82 Å². The molecule has 0 radical (unpaired) electrons. The second kappa shape index (κ2) is 6.10. The number of amides is 1. The molecule has 0 atom stereocenters. The largest absolute Gasteiger partial charge is 0.345 e. The Hall–Kier alpha value is -2.25. The van der Waals surface area contributed by atoms with Gasteiger partial charge in [0, 0.05) is 12.4 Å². The Morgan fingerprint density at radius 2 is 2.00 bits per heavy atom. The van der Waals surface area contributed by atoms with Crippen LogP contribution in [0.1, 0.15) is 35.2 Å². The molecule has 0 unspecified atom stereocenters. The van der Waals surface area contributed by atoms with Gasteiger partial charge >= 0.3 is 0 Å². The number of aromatic nitrogens is 2. The fourth-order valence-corrected chi connectivity index (χ4v) is 2.80. The van der Waals surface area contributed by atoms with E-state index in [1.54, 1.807) is 12.1 Å². The number of hydrogen-bond donors (Lipinski definition) is 3. The number of nitrogen functional groups attached to an aromatic ring is 1. The van der Waals surface area contributed by atoms with Gasteiger partial charge in [0.2, 0.25) is 5.95 Å². The maximum Gasteiger partial charge on any atom is 0.268 e. The second-order valence-corrected chi connectivity index (χ2v) is 5.87. The van der Waals surface area contributed by atoms with E-state index in [9.17, 15) is 9.18 Å². The van der Waals surface area contributed by atoms with Gasteiger partial charge in [-0.1, -0.05) is 17.7 Å². The summed E-state index contributed by atoms with van der Waals surface area (Å²) in [7, 11) is 0. The summed E-state index contributed by atoms with van der Waals surface area (Å²) in [4.78, 5) is 19.7. The van der Waals surface area contributed by atoms with Gasteiger partial charge in [0.1, 0.15) is 5.82 Å². The molecule has 1 fully saturated rings. The van der Waals surface area contributed by atoms with Crippen LogP contribution in [0.4, 0.5) is 10.3 Å². The highest BCUT2D eigenvalue weighted by Gasteiger charge is 2.39. The Balaban J connectivity index is 1.84. The van der Waals surface area contributed by atoms with Crippen molar-refractivity contribution >= 4 is 23.5 Å². The van der Waals surface area contributed by atoms with E-state index in [4.69, 9.17) is 17.4 Å². The van der Waals surface area contributed by atoms with Crippen molar-refractivity contribution in [1.82, 2.24) is 15.4 Å². The fraction of sp³-hybridized carbons (Fsp3) is 0.267. The fourth-order valence-electron chi connectivity index (χ4n) is 2.62. The summed E-state index contributed by atoms with van der Waals surface area (Å²) >= 11 is 5.89. The van der Waals surface area contributed by atoms with E-state index in [1.165, 1.54) is 18.5 Å². The number of nitrogens with two attached hydrogens (primary N) is 1. The van der Waals surface area contributed by atoms with Crippen LogP contribution in [-0.2, 0) is 5.54 Å². The van der Waals surface area contributed by atoms with Crippen molar-refractivity contribution in [3.63, 3.8) is 0 Å². The third-order valence-electron chi connectivity index (χ3n) is 4.08. The Labute approximate surface area is 137 Å². The van der Waals surface area contributed by atoms with Crippen molar-refractivity contribution in [3.8, 4) is 0 Å². The molecule has 1 heterocycles. The number of hydrazine groups is 1. The average molecular weight is 336 g/mol. The number of hydrogen-bond acceptors (Lipinski definition) is 5. The highest BCUT2D eigenvalue weighted by molar-refractivity contribution is 6.30. The maximum absolute atomic E-state index is 13.4. The first-order valence-electron chi connectivity index (χ1n) is 7.11. The summed E-state index contributed by atoms with van der Waals surface area (Å²) in [5, 5.41) is 3.36. The molecule has 0 bridgehead atoms. The zero-order valence-corrected chi connectivity index (χ0v) is 12.9. The Morgan fingerprint density at radius 1 is 1.30 bits per heavy atom. The molecule has 1 aromatic heterocycles. The van der Waals surface area contributed by atoms with Crippen LogP contribution in [0.3, 0.4) is 0 Å². The molecule has 0 spiro atoms. The van der Waals surface area contributed by atoms with Gasteiger partial charge in [-0.15, -0.1) is 0 Å². The van der Waals surface area contributed by atoms with Crippen LogP contribution in [0.5, 0.6) is 0 Å². The molecule has 120 valence electrons. The molecule has 23 heavy (non-hydrogen) atoms. The number of anilines is 1. The number of nitrogens with one attached hydrogen (secondary N) is 2. The molecule has 3 rings (SSSR count). The molecule has 1 aliphatic carbocycles. The lowest BCUT2D eigenvalue weighted by Crippen LogP contribution is -2.42. The quantitative estimate of drug-likeness (QED) is 0.453. The lowest BCUT2D eigenvalue weighted by Gasteiger charge is -2.43. The summed E-state index contributed by atoms with van der Waals surface area (Å²) in [5.74, 6) is 4.55. The van der Waals surface area contributed by atoms with E-state index in [-0.39, 0.29) is 16.1 Å². The summed E-state index contributed by atoms with van der Waals surface area (Å²) in [5.41, 5.74) is 2.81. The van der Waals surface area contributed by atoms with Crippen LogP contribution < -0.4 is 16.6 Å². The van der Waals surface area contributed by atoms with Crippen LogP contribution in [-0.4, -0.2) is 15.9 Å². The van der Waals surface area contributed by atoms with Gasteiger partial charge in [-0.25, -0.2) is 20.2 Å². The van der Waals surface area contributed by atoms with E-state index in [2.05, 4.69) is 15.3 Å². The monoisotopic (exact) mass is 335 g/mol. The molecule has 1 amide bonds. The van der Waals surface area contributed by atoms with Crippen LogP contribution in [0.25, 0.3) is 0 Å². The molecule has 1 aliphatic rings. The minimum atomic E-state index is -0.458. The van der Waals surface area contributed by atoms with E-state index in [0.29, 0.717) is 5.95 Å². The zero-order valence-electron chi connectivity index (χ0n) is 12.1. The Bertz CT molecular complexity index is 733. The van der Waals surface area contributed by atoms with Gasteiger partial charge in [0.05, 0.1) is 16.1 Å². The molecule has 0 saturated heterocycles. The molecule has 1 saturated carbocycles. The average Bonchev–Trinajstić information content (AvgIpc) is 2.53. The van der Waals surface area contributed by atoms with Gasteiger partial charge < -0.3 is 5.32 Å². The molecule has 1 aromatic carbocycles. The zero-order chi connectivity index (χ0) is 16.4. The Kier molecular flexibility index (Phi) is 4.14. The first kappa shape index (κ1) is 15.6. The van der Waals surface area contributed by atoms with Crippen LogP contribution in [0.2, 0.25) is 5.02 Å². The summed E-state index contributed by atoms with van der Waals surface area (Å²) < 4.78 is 13.4. The van der Waals surface area contributed by atoms with E-state index in [1.807, 2.05) is 5.43 Å². The summed E-state index contributed by atoms with van der Waals surface area (Å²) in [6.07, 6.45) is 5.55. The number of nitrogens with zero attached hydrogens (tertiary/aromatic N) is 2. The Morgan fingerprint density at radius 3 is 2.52 bits per heavy atom. The molecule has 8 heteroatoms. The number of carbonyl (C=O) groups is 1. The predicted molar refractivity (Wildman–Crippen MR) is 84.2 cm³/mol. The number of halogens is 2. The van der Waals surface area contributed by atoms with E-state index >= 15 is 0 Å².